The number of rotatable bonds is 4. The number of nitrogens with zero attached hydrogens (tertiary/aromatic N) is 2. The number of benzene rings is 2. The summed E-state index contributed by atoms with van der Waals surface area (Å²) in [6.07, 6.45) is 1.63. The zero-order valence-electron chi connectivity index (χ0n) is 14.3. The second kappa shape index (κ2) is 7.80. The number of hydrogen-bond donors (Lipinski definition) is 1. The van der Waals surface area contributed by atoms with Crippen LogP contribution in [0.2, 0.25) is 0 Å². The smallest absolute Gasteiger partial charge is 0.336 e. The van der Waals surface area contributed by atoms with Crippen LogP contribution in [0.1, 0.15) is 5.01 Å². The van der Waals surface area contributed by atoms with Crippen molar-refractivity contribution >= 4 is 49.5 Å². The molecule has 0 fully saturated rings. The van der Waals surface area contributed by atoms with E-state index in [1.54, 1.807) is 24.4 Å². The molecule has 4 rings (SSSR count). The van der Waals surface area contributed by atoms with E-state index in [9.17, 15) is 10.1 Å². The summed E-state index contributed by atoms with van der Waals surface area (Å²) in [6.45, 7) is 0. The average molecular weight is 450 g/mol. The van der Waals surface area contributed by atoms with Crippen molar-refractivity contribution in [3.8, 4) is 17.3 Å². The molecular formula is C21H12BrN3O2S. The third kappa shape index (κ3) is 3.88. The molecule has 0 saturated carbocycles. The summed E-state index contributed by atoms with van der Waals surface area (Å²) in [4.78, 5) is 15.8. The summed E-state index contributed by atoms with van der Waals surface area (Å²) in [5, 5.41) is 16.0. The second-order valence-electron chi connectivity index (χ2n) is 5.87. The van der Waals surface area contributed by atoms with Crippen LogP contribution < -0.4 is 10.9 Å². The number of thiazole rings is 1. The van der Waals surface area contributed by atoms with E-state index < -0.39 is 0 Å². The standard InChI is InChI=1S/C21H12BrN3O2S/c22-16-3-1-2-13(8-16)18-12-28-21(25-18)15(10-23)11-24-17-5-6-19-14(9-17)4-7-20(26)27-19/h1-9,11-12,24H/b15-11+. The molecule has 0 saturated heterocycles. The fourth-order valence-corrected chi connectivity index (χ4v) is 3.83. The van der Waals surface area contributed by atoms with Gasteiger partial charge in [-0.05, 0) is 36.4 Å². The SMILES string of the molecule is N#C/C(=C\Nc1ccc2oc(=O)ccc2c1)c1nc(-c2cccc(Br)c2)cs1. The van der Waals surface area contributed by atoms with Gasteiger partial charge in [0, 0.05) is 38.8 Å². The third-order valence-corrected chi connectivity index (χ3v) is 5.35. The number of hydrogen-bond acceptors (Lipinski definition) is 6. The molecule has 0 spiro atoms. The number of anilines is 1. The lowest BCUT2D eigenvalue weighted by Gasteiger charge is -2.03. The molecule has 0 aliphatic heterocycles. The molecule has 0 bridgehead atoms. The van der Waals surface area contributed by atoms with Crippen molar-refractivity contribution < 1.29 is 4.42 Å². The van der Waals surface area contributed by atoms with Gasteiger partial charge < -0.3 is 9.73 Å². The first-order valence-electron chi connectivity index (χ1n) is 8.25. The van der Waals surface area contributed by atoms with Crippen LogP contribution in [0.5, 0.6) is 0 Å². The fraction of sp³-hybridized carbons (Fsp3) is 0. The van der Waals surface area contributed by atoms with Crippen LogP contribution in [0.15, 0.2) is 79.9 Å². The molecule has 5 nitrogen and oxygen atoms in total. The summed E-state index contributed by atoms with van der Waals surface area (Å²) < 4.78 is 6.10. The van der Waals surface area contributed by atoms with E-state index in [2.05, 4.69) is 32.3 Å². The fourth-order valence-electron chi connectivity index (χ4n) is 2.64. The van der Waals surface area contributed by atoms with E-state index in [0.29, 0.717) is 16.2 Å². The molecule has 0 aliphatic rings. The number of aromatic nitrogens is 1. The van der Waals surface area contributed by atoms with Gasteiger partial charge in [-0.15, -0.1) is 11.3 Å². The highest BCUT2D eigenvalue weighted by Gasteiger charge is 2.09. The van der Waals surface area contributed by atoms with Gasteiger partial charge in [-0.2, -0.15) is 5.26 Å². The van der Waals surface area contributed by atoms with Gasteiger partial charge in [0.15, 0.2) is 0 Å². The highest BCUT2D eigenvalue weighted by atomic mass is 79.9. The molecule has 28 heavy (non-hydrogen) atoms. The van der Waals surface area contributed by atoms with Crippen LogP contribution in [0, 0.1) is 11.3 Å². The maximum absolute atomic E-state index is 11.3. The van der Waals surface area contributed by atoms with Crippen LogP contribution in [-0.2, 0) is 0 Å². The number of nitrogens with one attached hydrogen (secondary N) is 1. The molecule has 7 heteroatoms. The van der Waals surface area contributed by atoms with Gasteiger partial charge in [-0.25, -0.2) is 9.78 Å². The van der Waals surface area contributed by atoms with E-state index in [1.165, 1.54) is 17.4 Å². The predicted octanol–water partition coefficient (Wildman–Crippen LogP) is 5.66. The highest BCUT2D eigenvalue weighted by molar-refractivity contribution is 9.10. The molecule has 0 unspecified atom stereocenters. The quantitative estimate of drug-likeness (QED) is 0.321. The molecule has 136 valence electrons. The lowest BCUT2D eigenvalue weighted by molar-refractivity contribution is 0.561. The number of halogens is 1. The number of fused-ring (bicyclic) bond motifs is 1. The van der Waals surface area contributed by atoms with Gasteiger partial charge in [-0.1, -0.05) is 28.1 Å². The molecule has 0 amide bonds. The lowest BCUT2D eigenvalue weighted by Crippen LogP contribution is -1.95. The Labute approximate surface area is 172 Å². The molecule has 0 atom stereocenters. The van der Waals surface area contributed by atoms with Gasteiger partial charge in [0.2, 0.25) is 0 Å². The first-order chi connectivity index (χ1) is 13.6. The topological polar surface area (TPSA) is 78.9 Å². The molecule has 0 aliphatic carbocycles. The van der Waals surface area contributed by atoms with E-state index in [4.69, 9.17) is 4.42 Å². The van der Waals surface area contributed by atoms with Crippen LogP contribution in [0.3, 0.4) is 0 Å². The second-order valence-corrected chi connectivity index (χ2v) is 7.64. The molecule has 2 heterocycles. The minimum absolute atomic E-state index is 0.384. The first kappa shape index (κ1) is 18.2. The maximum Gasteiger partial charge on any atom is 0.336 e. The van der Waals surface area contributed by atoms with Crippen molar-refractivity contribution in [2.75, 3.05) is 5.32 Å². The summed E-state index contributed by atoms with van der Waals surface area (Å²) >= 11 is 4.87. The van der Waals surface area contributed by atoms with Crippen molar-refractivity contribution in [2.24, 2.45) is 0 Å². The van der Waals surface area contributed by atoms with Crippen molar-refractivity contribution in [1.29, 1.82) is 5.26 Å². The van der Waals surface area contributed by atoms with E-state index in [-0.39, 0.29) is 5.63 Å². The van der Waals surface area contributed by atoms with Crippen LogP contribution in [-0.4, -0.2) is 4.98 Å². The minimum Gasteiger partial charge on any atom is -0.423 e. The van der Waals surface area contributed by atoms with Crippen molar-refractivity contribution in [3.63, 3.8) is 0 Å². The van der Waals surface area contributed by atoms with Crippen LogP contribution in [0.4, 0.5) is 5.69 Å². The molecule has 0 radical (unpaired) electrons. The van der Waals surface area contributed by atoms with Crippen LogP contribution >= 0.6 is 27.3 Å². The zero-order chi connectivity index (χ0) is 19.5. The summed E-state index contributed by atoms with van der Waals surface area (Å²) in [7, 11) is 0. The van der Waals surface area contributed by atoms with E-state index in [0.717, 1.165) is 26.8 Å². The van der Waals surface area contributed by atoms with E-state index >= 15 is 0 Å². The van der Waals surface area contributed by atoms with Crippen molar-refractivity contribution in [1.82, 2.24) is 4.98 Å². The lowest BCUT2D eigenvalue weighted by atomic mass is 10.2. The normalized spacial score (nSPS) is 11.4. The van der Waals surface area contributed by atoms with Crippen molar-refractivity contribution in [2.45, 2.75) is 0 Å². The van der Waals surface area contributed by atoms with Gasteiger partial charge in [-0.3, -0.25) is 0 Å². The Hall–Kier alpha value is -3.21. The first-order valence-corrected chi connectivity index (χ1v) is 9.92. The summed E-state index contributed by atoms with van der Waals surface area (Å²) in [6, 6.07) is 18.5. The van der Waals surface area contributed by atoms with Gasteiger partial charge in [0.1, 0.15) is 22.2 Å². The molecular weight excluding hydrogens is 438 g/mol. The van der Waals surface area contributed by atoms with Gasteiger partial charge in [0.25, 0.3) is 0 Å². The van der Waals surface area contributed by atoms with E-state index in [1.807, 2.05) is 35.7 Å². The minimum atomic E-state index is -0.384. The summed E-state index contributed by atoms with van der Waals surface area (Å²) in [5.74, 6) is 0. The monoisotopic (exact) mass is 449 g/mol. The Balaban J connectivity index is 1.59. The molecule has 2 aromatic carbocycles. The average Bonchev–Trinajstić information content (AvgIpc) is 3.18. The molecule has 1 N–H and O–H groups in total. The van der Waals surface area contributed by atoms with Gasteiger partial charge >= 0.3 is 5.63 Å². The zero-order valence-corrected chi connectivity index (χ0v) is 16.8. The third-order valence-electron chi connectivity index (χ3n) is 3.98. The Morgan fingerprint density at radius 3 is 2.93 bits per heavy atom. The van der Waals surface area contributed by atoms with Crippen molar-refractivity contribution in [3.05, 3.63) is 86.1 Å². The van der Waals surface area contributed by atoms with Crippen LogP contribution in [0.25, 0.3) is 27.8 Å². The Morgan fingerprint density at radius 2 is 2.11 bits per heavy atom. The Kier molecular flexibility index (Phi) is 5.06. The summed E-state index contributed by atoms with van der Waals surface area (Å²) in [5.41, 5.74) is 3.15. The molecule has 4 aromatic rings. The number of allylic oxidation sites excluding steroid dienone is 1. The van der Waals surface area contributed by atoms with Gasteiger partial charge in [0.05, 0.1) is 5.69 Å². The molecule has 2 aromatic heterocycles. The number of nitriles is 1. The largest absolute Gasteiger partial charge is 0.423 e. The predicted molar refractivity (Wildman–Crippen MR) is 115 cm³/mol. The maximum atomic E-state index is 11.3. The Morgan fingerprint density at radius 1 is 1.21 bits per heavy atom. The Bertz CT molecular complexity index is 1300. The highest BCUT2D eigenvalue weighted by Crippen LogP contribution is 2.28.